The smallest absolute Gasteiger partial charge is 0.410 e. The van der Waals surface area contributed by atoms with E-state index >= 15 is 0 Å². The summed E-state index contributed by atoms with van der Waals surface area (Å²) in [6, 6.07) is 5.47. The quantitative estimate of drug-likeness (QED) is 0.210. The van der Waals surface area contributed by atoms with Crippen molar-refractivity contribution in [2.45, 2.75) is 103 Å². The minimum atomic E-state index is -0.671. The van der Waals surface area contributed by atoms with Crippen LogP contribution >= 0.6 is 0 Å². The van der Waals surface area contributed by atoms with Gasteiger partial charge < -0.3 is 29.5 Å². The molecule has 0 spiro atoms. The number of fused-ring (bicyclic) bond motifs is 1. The monoisotopic (exact) mass is 635 g/mol. The number of benzene rings is 1. The number of hydrogen-bond acceptors (Lipinski definition) is 7. The van der Waals surface area contributed by atoms with Gasteiger partial charge >= 0.3 is 6.09 Å². The van der Waals surface area contributed by atoms with Crippen molar-refractivity contribution in [3.8, 4) is 11.8 Å². The van der Waals surface area contributed by atoms with Crippen LogP contribution in [0.5, 0.6) is 0 Å². The first-order valence-electron chi connectivity index (χ1n) is 17.1. The lowest BCUT2D eigenvalue weighted by molar-refractivity contribution is -0.125. The van der Waals surface area contributed by atoms with Gasteiger partial charge in [-0.1, -0.05) is 30.7 Å². The summed E-state index contributed by atoms with van der Waals surface area (Å²) >= 11 is 0. The van der Waals surface area contributed by atoms with E-state index in [1.807, 2.05) is 37.8 Å². The summed E-state index contributed by atoms with van der Waals surface area (Å²) in [4.78, 5) is 57.5. The number of ether oxygens (including phenoxy) is 1. The Bertz CT molecular complexity index is 1270. The number of amides is 3. The van der Waals surface area contributed by atoms with Crippen LogP contribution < -0.4 is 5.32 Å². The van der Waals surface area contributed by atoms with Crippen LogP contribution in [0.2, 0.25) is 0 Å². The first-order valence-corrected chi connectivity index (χ1v) is 17.1. The third-order valence-electron chi connectivity index (χ3n) is 9.27. The summed E-state index contributed by atoms with van der Waals surface area (Å²) in [6.45, 7) is 13.2. The molecule has 1 aromatic carbocycles. The molecule has 2 fully saturated rings. The molecule has 0 saturated carbocycles. The minimum absolute atomic E-state index is 0.180. The van der Waals surface area contributed by atoms with E-state index in [-0.39, 0.29) is 24.3 Å². The lowest BCUT2D eigenvalue weighted by atomic mass is 10.0. The molecule has 1 aromatic rings. The fourth-order valence-electron chi connectivity index (χ4n) is 6.70. The zero-order chi connectivity index (χ0) is 33.1. The molecule has 0 radical (unpaired) electrons. The maximum atomic E-state index is 13.1. The lowest BCUT2D eigenvalue weighted by Crippen LogP contribution is -2.54. The first kappa shape index (κ1) is 35.4. The van der Waals surface area contributed by atoms with Gasteiger partial charge in [0.2, 0.25) is 5.91 Å². The van der Waals surface area contributed by atoms with Crippen molar-refractivity contribution >= 4 is 24.2 Å². The Kier molecular flexibility index (Phi) is 13.0. The molecule has 10 nitrogen and oxygen atoms in total. The average molecular weight is 636 g/mol. The van der Waals surface area contributed by atoms with E-state index in [0.717, 1.165) is 95.3 Å². The number of unbranched alkanes of at least 4 members (excludes halogenated alkanes) is 4. The van der Waals surface area contributed by atoms with E-state index in [2.05, 4.69) is 27.0 Å². The molecule has 3 amide bonds. The zero-order valence-electron chi connectivity index (χ0n) is 28.3. The van der Waals surface area contributed by atoms with Crippen LogP contribution in [0.15, 0.2) is 18.2 Å². The van der Waals surface area contributed by atoms with E-state index in [1.54, 1.807) is 18.0 Å². The van der Waals surface area contributed by atoms with Gasteiger partial charge in [-0.3, -0.25) is 14.5 Å². The van der Waals surface area contributed by atoms with Crippen LogP contribution in [-0.4, -0.2) is 114 Å². The number of nitrogens with one attached hydrogen (secondary N) is 1. The molecule has 1 N–H and O–H groups in total. The number of piperazine rings is 1. The van der Waals surface area contributed by atoms with Gasteiger partial charge in [-0.05, 0) is 77.1 Å². The highest BCUT2D eigenvalue weighted by atomic mass is 16.6. The molecule has 0 bridgehead atoms. The van der Waals surface area contributed by atoms with Gasteiger partial charge in [0.15, 0.2) is 0 Å². The predicted octanol–water partition coefficient (Wildman–Crippen LogP) is 4.06. The van der Waals surface area contributed by atoms with Crippen LogP contribution in [0.25, 0.3) is 0 Å². The van der Waals surface area contributed by atoms with Crippen molar-refractivity contribution in [3.63, 3.8) is 0 Å². The highest BCUT2D eigenvalue weighted by Gasteiger charge is 2.37. The van der Waals surface area contributed by atoms with Crippen LogP contribution in [0.1, 0.15) is 100 Å². The van der Waals surface area contributed by atoms with Crippen LogP contribution in [-0.2, 0) is 20.9 Å². The van der Waals surface area contributed by atoms with E-state index in [4.69, 9.17) is 4.74 Å². The maximum Gasteiger partial charge on any atom is 0.410 e. The van der Waals surface area contributed by atoms with Crippen molar-refractivity contribution in [2.24, 2.45) is 0 Å². The minimum Gasteiger partial charge on any atom is -0.444 e. The third kappa shape index (κ3) is 9.79. The number of nitrogens with zero attached hydrogens (tertiary/aromatic N) is 4. The number of piperidine rings is 1. The molecule has 4 rings (SSSR count). The van der Waals surface area contributed by atoms with Gasteiger partial charge in [-0.2, -0.15) is 0 Å². The Balaban J connectivity index is 1.11. The number of likely N-dealkylation sites (tertiary alicyclic amines) is 1. The first-order chi connectivity index (χ1) is 22.1. The van der Waals surface area contributed by atoms with Crippen molar-refractivity contribution in [1.29, 1.82) is 0 Å². The number of hydrogen-bond donors (Lipinski definition) is 1. The van der Waals surface area contributed by atoms with Crippen LogP contribution in [0.4, 0.5) is 4.79 Å². The second-order valence-corrected chi connectivity index (χ2v) is 13.7. The number of likely N-dealkylation sites (N-methyl/N-ethyl adjacent to an activating group) is 1. The largest absolute Gasteiger partial charge is 0.444 e. The molecular weight excluding hydrogens is 582 g/mol. The average Bonchev–Trinajstić information content (AvgIpc) is 3.38. The number of carbonyl (C=O) groups is 4. The van der Waals surface area contributed by atoms with Crippen molar-refractivity contribution in [1.82, 2.24) is 24.9 Å². The van der Waals surface area contributed by atoms with Crippen LogP contribution in [0, 0.1) is 11.8 Å². The van der Waals surface area contributed by atoms with Gasteiger partial charge in [-0.15, -0.1) is 0 Å². The number of rotatable bonds is 12. The molecule has 3 heterocycles. The topological polar surface area (TPSA) is 103 Å². The Hall–Kier alpha value is -3.42. The Morgan fingerprint density at radius 2 is 1.76 bits per heavy atom. The molecular formula is C36H53N5O5. The molecule has 1 atom stereocenters. The van der Waals surface area contributed by atoms with Crippen molar-refractivity contribution in [3.05, 3.63) is 34.9 Å². The van der Waals surface area contributed by atoms with E-state index in [9.17, 15) is 19.2 Å². The highest BCUT2D eigenvalue weighted by molar-refractivity contribution is 6.01. The lowest BCUT2D eigenvalue weighted by Gasteiger charge is -2.42. The fraction of sp³-hybridized carbons (Fsp3) is 0.667. The van der Waals surface area contributed by atoms with Gasteiger partial charge in [0.25, 0.3) is 5.91 Å². The number of carbonyl (C=O) groups excluding carboxylic acids is 4. The molecule has 10 heteroatoms. The SMILES string of the molecule is CNC(=O)C(CCC=O)N1Cc2c(C#CCCCCCCN3CCN(C4CCN(C(=O)OC(C)(C)C)CC4)CC3)cccc2C1=O. The molecule has 0 aliphatic carbocycles. The van der Waals surface area contributed by atoms with E-state index < -0.39 is 11.6 Å². The second kappa shape index (κ2) is 16.9. The molecule has 1 unspecified atom stereocenters. The zero-order valence-corrected chi connectivity index (χ0v) is 28.3. The highest BCUT2D eigenvalue weighted by Crippen LogP contribution is 2.29. The van der Waals surface area contributed by atoms with Crippen LogP contribution in [0.3, 0.4) is 0 Å². The van der Waals surface area contributed by atoms with E-state index in [0.29, 0.717) is 24.6 Å². The molecule has 46 heavy (non-hydrogen) atoms. The van der Waals surface area contributed by atoms with Crippen molar-refractivity contribution in [2.75, 3.05) is 52.9 Å². The molecule has 252 valence electrons. The maximum absolute atomic E-state index is 13.1. The van der Waals surface area contributed by atoms with Gasteiger partial charge in [-0.25, -0.2) is 4.79 Å². The summed E-state index contributed by atoms with van der Waals surface area (Å²) in [5, 5.41) is 2.62. The third-order valence-corrected chi connectivity index (χ3v) is 9.27. The second-order valence-electron chi connectivity index (χ2n) is 13.7. The standard InChI is InChI=1S/C36H53N5O5/c1-36(2,3)46-35(45)40-20-17-29(18-21-40)39-24-22-38(23-25-39)19-10-8-6-5-7-9-13-28-14-11-15-30-31(28)27-41(34(30)44)32(16-12-26-42)33(43)37-4/h11,14-15,26,29,32H,5-8,10,12,16-25,27H2,1-4H3,(H,37,43). The van der Waals surface area contributed by atoms with Crippen molar-refractivity contribution < 1.29 is 23.9 Å². The number of aldehydes is 1. The summed E-state index contributed by atoms with van der Waals surface area (Å²) < 4.78 is 5.54. The molecule has 3 aliphatic rings. The molecule has 0 aromatic heterocycles. The fourth-order valence-corrected chi connectivity index (χ4v) is 6.70. The van der Waals surface area contributed by atoms with Gasteiger partial charge in [0.1, 0.15) is 17.9 Å². The Morgan fingerprint density at radius 3 is 2.43 bits per heavy atom. The van der Waals surface area contributed by atoms with Gasteiger partial charge in [0, 0.05) is 82.9 Å². The normalized spacial score (nSPS) is 18.5. The Morgan fingerprint density at radius 1 is 1.04 bits per heavy atom. The molecule has 3 aliphatic heterocycles. The summed E-state index contributed by atoms with van der Waals surface area (Å²) in [5.74, 6) is 6.14. The summed E-state index contributed by atoms with van der Waals surface area (Å²) in [7, 11) is 1.55. The Labute approximate surface area is 275 Å². The summed E-state index contributed by atoms with van der Waals surface area (Å²) in [6.07, 6.45) is 8.56. The summed E-state index contributed by atoms with van der Waals surface area (Å²) in [5.41, 5.74) is 1.85. The molecule has 2 saturated heterocycles. The van der Waals surface area contributed by atoms with Gasteiger partial charge in [0.05, 0.1) is 0 Å². The predicted molar refractivity (Wildman–Crippen MR) is 178 cm³/mol. The van der Waals surface area contributed by atoms with E-state index in [1.165, 1.54) is 12.8 Å².